The molecule has 2 aromatic rings. The lowest BCUT2D eigenvalue weighted by Gasteiger charge is -2.38. The lowest BCUT2D eigenvalue weighted by Crippen LogP contribution is -2.48. The van der Waals surface area contributed by atoms with E-state index in [2.05, 4.69) is 29.0 Å². The van der Waals surface area contributed by atoms with E-state index in [0.717, 1.165) is 31.9 Å². The van der Waals surface area contributed by atoms with Crippen molar-refractivity contribution in [2.45, 2.75) is 25.9 Å². The lowest BCUT2D eigenvalue weighted by atomic mass is 10.1. The number of hydrogen-bond donors (Lipinski definition) is 2. The molecule has 1 aliphatic heterocycles. The number of carboxylic acids is 1. The minimum absolute atomic E-state index is 0.396. The van der Waals surface area contributed by atoms with Crippen LogP contribution in [0, 0.1) is 0 Å². The highest BCUT2D eigenvalue weighted by Gasteiger charge is 2.23. The highest BCUT2D eigenvalue weighted by molar-refractivity contribution is 5.97. The molecule has 0 bridgehead atoms. The van der Waals surface area contributed by atoms with Crippen LogP contribution >= 0.6 is 0 Å². The number of benzene rings is 2. The topological polar surface area (TPSA) is 72.9 Å². The Kier molecular flexibility index (Phi) is 6.31. The molecule has 0 saturated carbocycles. The fraction of sp³-hybridized carbons (Fsp3) is 0.364. The van der Waals surface area contributed by atoms with Gasteiger partial charge in [-0.2, -0.15) is 0 Å². The first-order valence-corrected chi connectivity index (χ1v) is 9.63. The maximum absolute atomic E-state index is 12.5. The Bertz CT molecular complexity index is 798. The molecule has 0 unspecified atom stereocenters. The van der Waals surface area contributed by atoms with E-state index < -0.39 is 17.9 Å². The summed E-state index contributed by atoms with van der Waals surface area (Å²) in [4.78, 5) is 28.9. The maximum Gasteiger partial charge on any atom is 0.330 e. The molecule has 6 heteroatoms. The Morgan fingerprint density at radius 1 is 0.929 bits per heavy atom. The van der Waals surface area contributed by atoms with E-state index >= 15 is 0 Å². The van der Waals surface area contributed by atoms with Crippen molar-refractivity contribution >= 4 is 17.6 Å². The summed E-state index contributed by atoms with van der Waals surface area (Å²) in [5.74, 6) is -1.48. The lowest BCUT2D eigenvalue weighted by molar-refractivity contribution is -0.139. The quantitative estimate of drug-likeness (QED) is 0.805. The molecule has 0 aromatic heterocycles. The minimum atomic E-state index is -1.08. The average molecular weight is 381 g/mol. The van der Waals surface area contributed by atoms with Gasteiger partial charge in [-0.1, -0.05) is 30.3 Å². The van der Waals surface area contributed by atoms with Crippen LogP contribution in [0.4, 0.5) is 5.69 Å². The van der Waals surface area contributed by atoms with Gasteiger partial charge in [0.25, 0.3) is 5.91 Å². The summed E-state index contributed by atoms with van der Waals surface area (Å²) in [6.07, 6.45) is 0. The number of amides is 1. The average Bonchev–Trinajstić information content (AvgIpc) is 2.72. The summed E-state index contributed by atoms with van der Waals surface area (Å²) in [6.45, 7) is 8.39. The van der Waals surface area contributed by atoms with Crippen molar-refractivity contribution in [3.8, 4) is 0 Å². The molecule has 1 atom stereocenters. The van der Waals surface area contributed by atoms with Crippen molar-refractivity contribution in [3.05, 3.63) is 65.7 Å². The number of hydrogen-bond acceptors (Lipinski definition) is 4. The largest absolute Gasteiger partial charge is 0.479 e. The van der Waals surface area contributed by atoms with Crippen LogP contribution in [0.15, 0.2) is 54.6 Å². The number of rotatable bonds is 6. The van der Waals surface area contributed by atoms with Crippen LogP contribution in [0.2, 0.25) is 0 Å². The molecule has 0 aliphatic carbocycles. The normalized spacial score (nSPS) is 16.0. The van der Waals surface area contributed by atoms with Crippen molar-refractivity contribution in [2.75, 3.05) is 31.1 Å². The Morgan fingerprint density at radius 2 is 1.54 bits per heavy atom. The van der Waals surface area contributed by atoms with Gasteiger partial charge in [-0.3, -0.25) is 9.69 Å². The van der Waals surface area contributed by atoms with Gasteiger partial charge in [0.2, 0.25) is 0 Å². The van der Waals surface area contributed by atoms with Crippen molar-refractivity contribution in [1.82, 2.24) is 10.2 Å². The molecule has 6 nitrogen and oxygen atoms in total. The molecule has 2 N–H and O–H groups in total. The third-order valence-electron chi connectivity index (χ3n) is 5.19. The third kappa shape index (κ3) is 4.70. The Hall–Kier alpha value is -2.86. The molecule has 148 valence electrons. The first-order valence-electron chi connectivity index (χ1n) is 9.63. The van der Waals surface area contributed by atoms with Crippen molar-refractivity contribution in [1.29, 1.82) is 0 Å². The minimum Gasteiger partial charge on any atom is -0.479 e. The predicted molar refractivity (Wildman–Crippen MR) is 110 cm³/mol. The highest BCUT2D eigenvalue weighted by atomic mass is 16.4. The van der Waals surface area contributed by atoms with Gasteiger partial charge in [0, 0.05) is 43.5 Å². The number of piperazine rings is 1. The third-order valence-corrected chi connectivity index (χ3v) is 5.19. The summed E-state index contributed by atoms with van der Waals surface area (Å²) in [5.41, 5.74) is 2.08. The van der Waals surface area contributed by atoms with Crippen LogP contribution in [0.25, 0.3) is 0 Å². The molecule has 1 heterocycles. The smallest absolute Gasteiger partial charge is 0.330 e. The highest BCUT2D eigenvalue weighted by Crippen LogP contribution is 2.19. The van der Waals surface area contributed by atoms with Gasteiger partial charge in [-0.05, 0) is 43.7 Å². The van der Waals surface area contributed by atoms with Crippen LogP contribution in [-0.4, -0.2) is 54.1 Å². The molecule has 1 aliphatic rings. The zero-order chi connectivity index (χ0) is 20.1. The Morgan fingerprint density at radius 3 is 2.07 bits per heavy atom. The zero-order valence-corrected chi connectivity index (χ0v) is 16.3. The number of anilines is 1. The van der Waals surface area contributed by atoms with Crippen LogP contribution in [0.1, 0.15) is 35.8 Å². The van der Waals surface area contributed by atoms with E-state index in [1.165, 1.54) is 0 Å². The second-order valence-corrected chi connectivity index (χ2v) is 7.32. The number of nitrogens with one attached hydrogen (secondary N) is 1. The van der Waals surface area contributed by atoms with Gasteiger partial charge >= 0.3 is 5.97 Å². The summed E-state index contributed by atoms with van der Waals surface area (Å²) in [7, 11) is 0. The van der Waals surface area contributed by atoms with Gasteiger partial charge in [0.15, 0.2) is 6.04 Å². The molecule has 0 spiro atoms. The molecule has 0 radical (unpaired) electrons. The Balaban J connectivity index is 1.64. The molecule has 3 rings (SSSR count). The second-order valence-electron chi connectivity index (χ2n) is 7.32. The van der Waals surface area contributed by atoms with Gasteiger partial charge in [-0.15, -0.1) is 0 Å². The van der Waals surface area contributed by atoms with Gasteiger partial charge < -0.3 is 15.3 Å². The molecule has 1 saturated heterocycles. The van der Waals surface area contributed by atoms with Crippen LogP contribution in [-0.2, 0) is 4.79 Å². The monoisotopic (exact) mass is 381 g/mol. The van der Waals surface area contributed by atoms with Gasteiger partial charge in [0.1, 0.15) is 0 Å². The van der Waals surface area contributed by atoms with Crippen molar-refractivity contribution in [3.63, 3.8) is 0 Å². The SMILES string of the molecule is CC(C)N1CCN(c2ccc(C(=O)N[C@H](C(=O)O)c3ccccc3)cc2)CC1. The van der Waals surface area contributed by atoms with Crippen LogP contribution < -0.4 is 10.2 Å². The molecule has 2 aromatic carbocycles. The number of nitrogens with zero attached hydrogens (tertiary/aromatic N) is 2. The molecule has 1 amide bonds. The standard InChI is InChI=1S/C22H27N3O3/c1-16(2)24-12-14-25(15-13-24)19-10-8-18(9-11-19)21(26)23-20(22(27)28)17-6-4-3-5-7-17/h3-11,16,20H,12-15H2,1-2H3,(H,23,26)(H,27,28)/t20-/m0/s1. The molecular weight excluding hydrogens is 354 g/mol. The predicted octanol–water partition coefficient (Wildman–Crippen LogP) is 2.77. The van der Waals surface area contributed by atoms with Gasteiger partial charge in [-0.25, -0.2) is 4.79 Å². The fourth-order valence-corrected chi connectivity index (χ4v) is 3.47. The van der Waals surface area contributed by atoms with E-state index in [1.807, 2.05) is 18.2 Å². The number of carbonyl (C=O) groups excluding carboxylic acids is 1. The Labute approximate surface area is 165 Å². The van der Waals surface area contributed by atoms with E-state index in [-0.39, 0.29) is 0 Å². The first kappa shape index (κ1) is 19.9. The van der Waals surface area contributed by atoms with E-state index in [4.69, 9.17) is 0 Å². The van der Waals surface area contributed by atoms with Crippen LogP contribution in [0.5, 0.6) is 0 Å². The molecular formula is C22H27N3O3. The van der Waals surface area contributed by atoms with Crippen LogP contribution in [0.3, 0.4) is 0 Å². The molecule has 1 fully saturated rings. The zero-order valence-electron chi connectivity index (χ0n) is 16.3. The van der Waals surface area contributed by atoms with E-state index in [0.29, 0.717) is 17.2 Å². The van der Waals surface area contributed by atoms with E-state index in [1.54, 1.807) is 36.4 Å². The second kappa shape index (κ2) is 8.89. The first-order chi connectivity index (χ1) is 13.5. The molecule has 28 heavy (non-hydrogen) atoms. The summed E-state index contributed by atoms with van der Waals surface area (Å²) >= 11 is 0. The van der Waals surface area contributed by atoms with Crippen molar-refractivity contribution < 1.29 is 14.7 Å². The fourth-order valence-electron chi connectivity index (χ4n) is 3.47. The van der Waals surface area contributed by atoms with E-state index in [9.17, 15) is 14.7 Å². The summed E-state index contributed by atoms with van der Waals surface area (Å²) < 4.78 is 0. The summed E-state index contributed by atoms with van der Waals surface area (Å²) in [6, 6.07) is 15.6. The van der Waals surface area contributed by atoms with Crippen molar-refractivity contribution in [2.24, 2.45) is 0 Å². The maximum atomic E-state index is 12.5. The number of aliphatic carboxylic acids is 1. The summed E-state index contributed by atoms with van der Waals surface area (Å²) in [5, 5.41) is 12.1. The number of carbonyl (C=O) groups is 2. The number of carboxylic acid groups (broad SMARTS) is 1. The van der Waals surface area contributed by atoms with Gasteiger partial charge in [0.05, 0.1) is 0 Å².